The van der Waals surface area contributed by atoms with Crippen molar-refractivity contribution in [2.24, 2.45) is 0 Å². The monoisotopic (exact) mass is 370 g/mol. The van der Waals surface area contributed by atoms with E-state index in [9.17, 15) is 0 Å². The van der Waals surface area contributed by atoms with Crippen molar-refractivity contribution >= 4 is 29.1 Å². The number of aryl methyl sites for hydroxylation is 1. The average Bonchev–Trinajstić information content (AvgIpc) is 2.77. The third-order valence-electron chi connectivity index (χ3n) is 5.94. The molecule has 2 unspecified atom stereocenters. The molecule has 2 aromatic rings. The largest absolute Gasteiger partial charge is 0.367 e. The number of nitrogens with zero attached hydrogens (tertiary/aromatic N) is 1. The molecule has 1 fully saturated rings. The summed E-state index contributed by atoms with van der Waals surface area (Å²) in [5.41, 5.74) is 7.02. The van der Waals surface area contributed by atoms with Gasteiger partial charge in [-0.15, -0.1) is 11.8 Å². The second-order valence-corrected chi connectivity index (χ2v) is 9.01. The fourth-order valence-electron chi connectivity index (χ4n) is 4.83. The molecule has 5 rings (SSSR count). The third-order valence-corrected chi connectivity index (χ3v) is 7.29. The molecule has 3 aliphatic heterocycles. The molecule has 0 saturated carbocycles. The summed E-state index contributed by atoms with van der Waals surface area (Å²) in [5.74, 6) is 1.86. The maximum atomic E-state index is 6.18. The topological polar surface area (TPSA) is 15.3 Å². The van der Waals surface area contributed by atoms with Crippen molar-refractivity contribution in [2.45, 2.75) is 36.6 Å². The molecule has 25 heavy (non-hydrogen) atoms. The summed E-state index contributed by atoms with van der Waals surface area (Å²) in [4.78, 5) is 4.21. The van der Waals surface area contributed by atoms with Gasteiger partial charge in [0, 0.05) is 35.0 Å². The summed E-state index contributed by atoms with van der Waals surface area (Å²) in [5, 5.41) is 4.44. The number of thioether (sulfide) groups is 1. The Bertz CT molecular complexity index is 835. The van der Waals surface area contributed by atoms with Gasteiger partial charge in [-0.25, -0.2) is 0 Å². The van der Waals surface area contributed by atoms with Crippen LogP contribution in [0.1, 0.15) is 29.9 Å². The summed E-state index contributed by atoms with van der Waals surface area (Å²) in [6.45, 7) is 5.64. The van der Waals surface area contributed by atoms with Crippen LogP contribution in [0.2, 0.25) is 5.02 Å². The van der Waals surface area contributed by atoms with Gasteiger partial charge in [-0.3, -0.25) is 0 Å². The van der Waals surface area contributed by atoms with E-state index in [4.69, 9.17) is 11.6 Å². The number of hydrogen-bond acceptors (Lipinski definition) is 3. The predicted octanol–water partition coefficient (Wildman–Crippen LogP) is 5.08. The number of fused-ring (bicyclic) bond motifs is 3. The minimum atomic E-state index is 0.633. The highest BCUT2D eigenvalue weighted by molar-refractivity contribution is 7.99. The fourth-order valence-corrected chi connectivity index (χ4v) is 6.13. The molecule has 2 atom stereocenters. The van der Waals surface area contributed by atoms with Gasteiger partial charge in [-0.1, -0.05) is 17.7 Å². The first-order valence-electron chi connectivity index (χ1n) is 9.27. The SMILES string of the molecule is Cc1cc(Cl)ccc1-c1cc2c3c(c1)C1CNCCC1N3CCCS2. The Morgan fingerprint density at radius 2 is 2.16 bits per heavy atom. The Labute approximate surface area is 158 Å². The van der Waals surface area contributed by atoms with E-state index in [1.54, 1.807) is 5.56 Å². The summed E-state index contributed by atoms with van der Waals surface area (Å²) in [7, 11) is 0. The highest BCUT2D eigenvalue weighted by Crippen LogP contribution is 2.51. The van der Waals surface area contributed by atoms with E-state index in [2.05, 4.69) is 41.4 Å². The number of rotatable bonds is 1. The number of piperidine rings is 1. The van der Waals surface area contributed by atoms with Crippen LogP contribution in [0.3, 0.4) is 0 Å². The zero-order chi connectivity index (χ0) is 17.0. The molecular formula is C21H23ClN2S. The maximum absolute atomic E-state index is 6.18. The Hall–Kier alpha value is -1.16. The molecule has 3 aliphatic rings. The van der Waals surface area contributed by atoms with Crippen molar-refractivity contribution in [1.29, 1.82) is 0 Å². The van der Waals surface area contributed by atoms with Gasteiger partial charge in [-0.2, -0.15) is 0 Å². The molecule has 4 heteroatoms. The smallest absolute Gasteiger partial charge is 0.0544 e. The second kappa shape index (κ2) is 6.22. The first kappa shape index (κ1) is 16.0. The summed E-state index contributed by atoms with van der Waals surface area (Å²) in [6, 6.07) is 11.8. The number of nitrogens with one attached hydrogen (secondary N) is 1. The van der Waals surface area contributed by atoms with Gasteiger partial charge in [0.05, 0.1) is 5.69 Å². The Morgan fingerprint density at radius 1 is 1.24 bits per heavy atom. The summed E-state index contributed by atoms with van der Waals surface area (Å²) >= 11 is 8.22. The van der Waals surface area contributed by atoms with Crippen LogP contribution in [0.25, 0.3) is 11.1 Å². The lowest BCUT2D eigenvalue weighted by Crippen LogP contribution is -2.44. The first-order valence-corrected chi connectivity index (χ1v) is 10.6. The highest BCUT2D eigenvalue weighted by atomic mass is 35.5. The lowest BCUT2D eigenvalue weighted by atomic mass is 9.88. The third kappa shape index (κ3) is 2.59. The number of halogens is 1. The lowest BCUT2D eigenvalue weighted by Gasteiger charge is -2.33. The van der Waals surface area contributed by atoms with Gasteiger partial charge in [-0.05, 0) is 78.6 Å². The molecule has 0 amide bonds. The van der Waals surface area contributed by atoms with E-state index in [0.29, 0.717) is 12.0 Å². The van der Waals surface area contributed by atoms with E-state index in [1.165, 1.54) is 52.4 Å². The van der Waals surface area contributed by atoms with Crippen LogP contribution in [-0.2, 0) is 0 Å². The van der Waals surface area contributed by atoms with Gasteiger partial charge in [0.1, 0.15) is 0 Å². The van der Waals surface area contributed by atoms with Crippen LogP contribution in [0.5, 0.6) is 0 Å². The molecule has 2 aromatic carbocycles. The number of benzene rings is 2. The minimum Gasteiger partial charge on any atom is -0.367 e. The fraction of sp³-hybridized carbons (Fsp3) is 0.429. The van der Waals surface area contributed by atoms with Crippen LogP contribution < -0.4 is 10.2 Å². The van der Waals surface area contributed by atoms with Gasteiger partial charge >= 0.3 is 0 Å². The molecule has 1 N–H and O–H groups in total. The van der Waals surface area contributed by atoms with Crippen molar-refractivity contribution < 1.29 is 0 Å². The highest BCUT2D eigenvalue weighted by Gasteiger charge is 2.41. The number of hydrogen-bond donors (Lipinski definition) is 1. The van der Waals surface area contributed by atoms with Crippen LogP contribution in [0.15, 0.2) is 35.2 Å². The quantitative estimate of drug-likeness (QED) is 0.753. The molecule has 2 nitrogen and oxygen atoms in total. The van der Waals surface area contributed by atoms with E-state index in [0.717, 1.165) is 18.1 Å². The average molecular weight is 371 g/mol. The van der Waals surface area contributed by atoms with E-state index in [1.807, 2.05) is 17.8 Å². The first-order chi connectivity index (χ1) is 12.2. The molecule has 130 valence electrons. The van der Waals surface area contributed by atoms with Crippen LogP contribution in [0, 0.1) is 6.92 Å². The van der Waals surface area contributed by atoms with E-state index in [-0.39, 0.29) is 0 Å². The van der Waals surface area contributed by atoms with Crippen LogP contribution in [0.4, 0.5) is 5.69 Å². The Morgan fingerprint density at radius 3 is 3.04 bits per heavy atom. The molecule has 0 aromatic heterocycles. The molecular weight excluding hydrogens is 348 g/mol. The molecule has 0 spiro atoms. The predicted molar refractivity (Wildman–Crippen MR) is 108 cm³/mol. The van der Waals surface area contributed by atoms with Gasteiger partial charge in [0.15, 0.2) is 0 Å². The van der Waals surface area contributed by atoms with Crippen molar-refractivity contribution in [3.05, 3.63) is 46.5 Å². The lowest BCUT2D eigenvalue weighted by molar-refractivity contribution is 0.403. The van der Waals surface area contributed by atoms with Crippen molar-refractivity contribution in [3.63, 3.8) is 0 Å². The standard InChI is InChI=1S/C21H23ClN2S/c1-13-9-15(22)3-4-16(13)14-10-17-18-12-23-6-5-19(18)24-7-2-8-25-20(11-14)21(17)24/h3-4,9-11,18-19,23H,2,5-8,12H2,1H3. The van der Waals surface area contributed by atoms with Crippen molar-refractivity contribution in [2.75, 3.05) is 30.3 Å². The van der Waals surface area contributed by atoms with Crippen LogP contribution in [-0.4, -0.2) is 31.4 Å². The maximum Gasteiger partial charge on any atom is 0.0544 e. The van der Waals surface area contributed by atoms with Gasteiger partial charge < -0.3 is 10.2 Å². The molecule has 0 radical (unpaired) electrons. The normalized spacial score (nSPS) is 24.6. The summed E-state index contributed by atoms with van der Waals surface area (Å²) < 4.78 is 0. The Kier molecular flexibility index (Phi) is 3.99. The van der Waals surface area contributed by atoms with E-state index >= 15 is 0 Å². The van der Waals surface area contributed by atoms with Gasteiger partial charge in [0.2, 0.25) is 0 Å². The molecule has 0 bridgehead atoms. The van der Waals surface area contributed by atoms with Gasteiger partial charge in [0.25, 0.3) is 0 Å². The number of anilines is 1. The van der Waals surface area contributed by atoms with Crippen molar-refractivity contribution in [1.82, 2.24) is 5.32 Å². The molecule has 1 saturated heterocycles. The minimum absolute atomic E-state index is 0.633. The zero-order valence-corrected chi connectivity index (χ0v) is 16.1. The van der Waals surface area contributed by atoms with Crippen molar-refractivity contribution in [3.8, 4) is 11.1 Å². The van der Waals surface area contributed by atoms with E-state index < -0.39 is 0 Å². The zero-order valence-electron chi connectivity index (χ0n) is 14.5. The molecule has 0 aliphatic carbocycles. The Balaban J connectivity index is 1.69. The van der Waals surface area contributed by atoms with Crippen LogP contribution >= 0.6 is 23.4 Å². The second-order valence-electron chi connectivity index (χ2n) is 7.43. The molecule has 3 heterocycles. The summed E-state index contributed by atoms with van der Waals surface area (Å²) in [6.07, 6.45) is 2.55.